The molecule has 0 aromatic rings. The fraction of sp³-hybridized carbons (Fsp3) is 0.942. The van der Waals surface area contributed by atoms with Crippen LogP contribution in [0.15, 0.2) is 12.2 Å². The molecule has 1 amide bonds. The normalized spacial score (nSPS) is 12.5. The second-order valence-electron chi connectivity index (χ2n) is 23.9. The van der Waals surface area contributed by atoms with Crippen LogP contribution in [0.1, 0.15) is 393 Å². The molecule has 6 nitrogen and oxygen atoms in total. The van der Waals surface area contributed by atoms with Gasteiger partial charge in [0.2, 0.25) is 5.91 Å². The number of carbonyl (C=O) groups is 2. The van der Waals surface area contributed by atoms with Crippen LogP contribution in [0.3, 0.4) is 0 Å². The van der Waals surface area contributed by atoms with E-state index in [1.807, 2.05) is 0 Å². The van der Waals surface area contributed by atoms with E-state index in [2.05, 4.69) is 31.3 Å². The first-order valence-corrected chi connectivity index (χ1v) is 34.4. The van der Waals surface area contributed by atoms with Crippen molar-refractivity contribution in [1.29, 1.82) is 0 Å². The van der Waals surface area contributed by atoms with Crippen molar-refractivity contribution in [3.63, 3.8) is 0 Å². The lowest BCUT2D eigenvalue weighted by atomic mass is 10.0. The van der Waals surface area contributed by atoms with Gasteiger partial charge < -0.3 is 20.3 Å². The molecular formula is C69H135NO5. The molecule has 0 heterocycles. The van der Waals surface area contributed by atoms with Crippen LogP contribution < -0.4 is 5.32 Å². The summed E-state index contributed by atoms with van der Waals surface area (Å²) in [5.41, 5.74) is 0. The minimum Gasteiger partial charge on any atom is -0.466 e. The first kappa shape index (κ1) is 73.6. The summed E-state index contributed by atoms with van der Waals surface area (Å²) >= 11 is 0. The van der Waals surface area contributed by atoms with E-state index in [9.17, 15) is 19.8 Å². The van der Waals surface area contributed by atoms with Crippen LogP contribution in [0.25, 0.3) is 0 Å². The predicted molar refractivity (Wildman–Crippen MR) is 329 cm³/mol. The second kappa shape index (κ2) is 65.1. The van der Waals surface area contributed by atoms with Crippen molar-refractivity contribution >= 4 is 11.9 Å². The number of esters is 1. The van der Waals surface area contributed by atoms with Gasteiger partial charge in [-0.2, -0.15) is 0 Å². The van der Waals surface area contributed by atoms with Gasteiger partial charge in [-0.25, -0.2) is 0 Å². The van der Waals surface area contributed by atoms with Crippen LogP contribution >= 0.6 is 0 Å². The molecule has 0 fully saturated rings. The SMILES string of the molecule is CCCCCCCCCCCCCCCCCCCCCCCCCCC(O)C(CO)NC(=O)CCCCCCCCC/C=C\CCCCCCCCCCCOC(=O)CCCCCCCCCCCCCCCC. The van der Waals surface area contributed by atoms with Crippen molar-refractivity contribution in [3.05, 3.63) is 12.2 Å². The molecule has 0 aliphatic rings. The van der Waals surface area contributed by atoms with E-state index in [0.29, 0.717) is 25.9 Å². The van der Waals surface area contributed by atoms with Crippen LogP contribution in [-0.4, -0.2) is 47.4 Å². The van der Waals surface area contributed by atoms with E-state index in [0.717, 1.165) is 38.5 Å². The number of allylic oxidation sites excluding steroid dienone is 2. The van der Waals surface area contributed by atoms with Gasteiger partial charge in [0.25, 0.3) is 0 Å². The number of aliphatic hydroxyl groups is 2. The van der Waals surface area contributed by atoms with Gasteiger partial charge in [-0.05, 0) is 51.4 Å². The molecule has 0 aromatic heterocycles. The number of nitrogens with one attached hydrogen (secondary N) is 1. The number of aliphatic hydroxyl groups excluding tert-OH is 2. The third-order valence-electron chi connectivity index (χ3n) is 16.3. The third kappa shape index (κ3) is 61.7. The van der Waals surface area contributed by atoms with Crippen LogP contribution in [0.4, 0.5) is 0 Å². The molecule has 6 heteroatoms. The molecule has 0 saturated heterocycles. The van der Waals surface area contributed by atoms with Gasteiger partial charge in [0, 0.05) is 12.8 Å². The van der Waals surface area contributed by atoms with E-state index < -0.39 is 12.1 Å². The lowest BCUT2D eigenvalue weighted by Crippen LogP contribution is -2.45. The first-order valence-electron chi connectivity index (χ1n) is 34.4. The number of hydrogen-bond acceptors (Lipinski definition) is 5. The monoisotopic (exact) mass is 1060 g/mol. The number of carbonyl (C=O) groups excluding carboxylic acids is 2. The van der Waals surface area contributed by atoms with Gasteiger partial charge in [-0.1, -0.05) is 341 Å². The zero-order chi connectivity index (χ0) is 54.3. The summed E-state index contributed by atoms with van der Waals surface area (Å²) in [7, 11) is 0. The largest absolute Gasteiger partial charge is 0.466 e. The Bertz CT molecular complexity index is 1130. The van der Waals surface area contributed by atoms with E-state index in [1.54, 1.807) is 0 Å². The van der Waals surface area contributed by atoms with Crippen LogP contribution in [0, 0.1) is 0 Å². The van der Waals surface area contributed by atoms with Crippen LogP contribution in [-0.2, 0) is 14.3 Å². The summed E-state index contributed by atoms with van der Waals surface area (Å²) in [6.45, 7) is 4.99. The average molecular weight is 1060 g/mol. The highest BCUT2D eigenvalue weighted by Crippen LogP contribution is 2.19. The van der Waals surface area contributed by atoms with Crippen LogP contribution in [0.5, 0.6) is 0 Å². The Balaban J connectivity index is 3.42. The molecule has 0 rings (SSSR count). The Hall–Kier alpha value is -1.40. The lowest BCUT2D eigenvalue weighted by Gasteiger charge is -2.22. The summed E-state index contributed by atoms with van der Waals surface area (Å²) < 4.78 is 5.49. The summed E-state index contributed by atoms with van der Waals surface area (Å²) in [5.74, 6) is -0.0288. The highest BCUT2D eigenvalue weighted by Gasteiger charge is 2.20. The van der Waals surface area contributed by atoms with E-state index >= 15 is 0 Å². The smallest absolute Gasteiger partial charge is 0.305 e. The zero-order valence-corrected chi connectivity index (χ0v) is 51.1. The molecule has 2 atom stereocenters. The molecule has 3 N–H and O–H groups in total. The van der Waals surface area contributed by atoms with E-state index in [-0.39, 0.29) is 18.5 Å². The standard InChI is InChI=1S/C69H135NO5/c1-3-5-7-9-11-13-15-17-19-20-21-22-23-24-25-28-31-34-37-41-45-49-53-57-61-67(72)66(65-71)70-68(73)62-58-54-50-46-42-38-35-32-29-26-27-30-33-36-40-44-48-52-56-60-64-75-69(74)63-59-55-51-47-43-39-18-16-14-12-10-8-6-4-2/h26,29,66-67,71-72H,3-25,27-28,30-65H2,1-2H3,(H,70,73)/b29-26-. The molecule has 75 heavy (non-hydrogen) atoms. The first-order chi connectivity index (χ1) is 37.0. The van der Waals surface area contributed by atoms with Crippen molar-refractivity contribution in [1.82, 2.24) is 5.32 Å². The maximum absolute atomic E-state index is 12.5. The second-order valence-corrected chi connectivity index (χ2v) is 23.9. The molecule has 0 aromatic carbocycles. The summed E-state index contributed by atoms with van der Waals surface area (Å²) in [6, 6.07) is -0.549. The maximum Gasteiger partial charge on any atom is 0.305 e. The Morgan fingerprint density at radius 1 is 0.360 bits per heavy atom. The van der Waals surface area contributed by atoms with Gasteiger partial charge >= 0.3 is 5.97 Å². The number of ether oxygens (including phenoxy) is 1. The Labute approximate surface area is 469 Å². The minimum absolute atomic E-state index is 0.00977. The fourth-order valence-electron chi connectivity index (χ4n) is 11.1. The summed E-state index contributed by atoms with van der Waals surface area (Å²) in [6.07, 6.45) is 79.6. The zero-order valence-electron chi connectivity index (χ0n) is 51.1. The molecular weight excluding hydrogens is 923 g/mol. The maximum atomic E-state index is 12.5. The molecule has 0 saturated carbocycles. The molecule has 0 bridgehead atoms. The highest BCUT2D eigenvalue weighted by atomic mass is 16.5. The van der Waals surface area contributed by atoms with Gasteiger partial charge in [0.15, 0.2) is 0 Å². The molecule has 0 radical (unpaired) electrons. The number of hydrogen-bond donors (Lipinski definition) is 3. The Kier molecular flexibility index (Phi) is 63.9. The molecule has 0 aliphatic heterocycles. The fourth-order valence-corrected chi connectivity index (χ4v) is 11.1. The van der Waals surface area contributed by atoms with Gasteiger partial charge in [0.1, 0.15) is 0 Å². The molecule has 0 aliphatic carbocycles. The molecule has 0 spiro atoms. The molecule has 2 unspecified atom stereocenters. The Morgan fingerprint density at radius 2 is 0.627 bits per heavy atom. The topological polar surface area (TPSA) is 95.9 Å². The number of rotatable bonds is 65. The Morgan fingerprint density at radius 3 is 0.947 bits per heavy atom. The van der Waals surface area contributed by atoms with Crippen molar-refractivity contribution in [2.24, 2.45) is 0 Å². The van der Waals surface area contributed by atoms with Crippen molar-refractivity contribution in [3.8, 4) is 0 Å². The molecule has 446 valence electrons. The highest BCUT2D eigenvalue weighted by molar-refractivity contribution is 5.76. The number of amides is 1. The van der Waals surface area contributed by atoms with Crippen molar-refractivity contribution in [2.75, 3.05) is 13.2 Å². The lowest BCUT2D eigenvalue weighted by molar-refractivity contribution is -0.143. The summed E-state index contributed by atoms with van der Waals surface area (Å²) in [4.78, 5) is 24.6. The quantitative estimate of drug-likeness (QED) is 0.0320. The predicted octanol–water partition coefficient (Wildman–Crippen LogP) is 22.0. The average Bonchev–Trinajstić information content (AvgIpc) is 3.41. The number of unbranched alkanes of at least 4 members (excludes halogenated alkanes) is 52. The van der Waals surface area contributed by atoms with Crippen molar-refractivity contribution in [2.45, 2.75) is 405 Å². The van der Waals surface area contributed by atoms with Crippen LogP contribution in [0.2, 0.25) is 0 Å². The van der Waals surface area contributed by atoms with Gasteiger partial charge in [0.05, 0.1) is 25.4 Å². The van der Waals surface area contributed by atoms with Gasteiger partial charge in [-0.3, -0.25) is 9.59 Å². The minimum atomic E-state index is -0.671. The van der Waals surface area contributed by atoms with Crippen molar-refractivity contribution < 1.29 is 24.5 Å². The van der Waals surface area contributed by atoms with Gasteiger partial charge in [-0.15, -0.1) is 0 Å². The van der Waals surface area contributed by atoms with E-state index in [4.69, 9.17) is 4.74 Å². The summed E-state index contributed by atoms with van der Waals surface area (Å²) in [5, 5.41) is 23.4. The van der Waals surface area contributed by atoms with E-state index in [1.165, 1.54) is 321 Å². The third-order valence-corrected chi connectivity index (χ3v) is 16.3.